The monoisotopic (exact) mass is 552 g/mol. The molecule has 0 unspecified atom stereocenters. The fourth-order valence-electron chi connectivity index (χ4n) is 5.89. The maximum absolute atomic E-state index is 12.6. The van der Waals surface area contributed by atoms with Crippen LogP contribution in [0, 0.1) is 0 Å². The van der Waals surface area contributed by atoms with Crippen molar-refractivity contribution >= 4 is 34.0 Å². The van der Waals surface area contributed by atoms with Gasteiger partial charge in [-0.1, -0.05) is 17.7 Å². The molecule has 0 amide bonds. The molecule has 0 radical (unpaired) electrons. The number of fused-ring (bicyclic) bond motifs is 1. The summed E-state index contributed by atoms with van der Waals surface area (Å²) in [4.78, 5) is 19.5. The van der Waals surface area contributed by atoms with E-state index < -0.39 is 0 Å². The number of phenols is 1. The van der Waals surface area contributed by atoms with Gasteiger partial charge in [0.05, 0.1) is 35.5 Å². The molecule has 8 nitrogen and oxygen atoms in total. The van der Waals surface area contributed by atoms with Crippen molar-refractivity contribution in [1.29, 1.82) is 0 Å². The number of ether oxygens (including phenoxy) is 1. The standard InChI is InChI=1S/C30H37ClN4O4/c1-18(37)25-15-32-27-10-5-19(20-13-26(31)30(38)28(14-20)39-2)12-24(27)29(25)34-22-8-6-21(7-9-22)33-17-35-11-3-4-23(35)16-36/h5,10,12-15,21-23,33,36,38H,3-4,6-9,11,16-17H2,1-2H3,(H,32,34)/t21?,22?,23-/m1/s1. The van der Waals surface area contributed by atoms with E-state index in [9.17, 15) is 15.0 Å². The molecule has 1 aliphatic carbocycles. The summed E-state index contributed by atoms with van der Waals surface area (Å²) in [6.07, 6.45) is 7.96. The van der Waals surface area contributed by atoms with Gasteiger partial charge in [0.1, 0.15) is 0 Å². The average Bonchev–Trinajstić information content (AvgIpc) is 3.41. The number of hydrogen-bond acceptors (Lipinski definition) is 8. The molecule has 2 fully saturated rings. The van der Waals surface area contributed by atoms with Crippen LogP contribution >= 0.6 is 11.6 Å². The number of nitrogens with zero attached hydrogens (tertiary/aromatic N) is 2. The number of hydrogen-bond donors (Lipinski definition) is 4. The molecule has 3 aromatic rings. The summed E-state index contributed by atoms with van der Waals surface area (Å²) in [5, 5.41) is 28.2. The van der Waals surface area contributed by atoms with E-state index in [4.69, 9.17) is 16.3 Å². The van der Waals surface area contributed by atoms with Crippen molar-refractivity contribution in [3.63, 3.8) is 0 Å². The van der Waals surface area contributed by atoms with E-state index in [0.29, 0.717) is 17.4 Å². The van der Waals surface area contributed by atoms with Crippen LogP contribution in [0.15, 0.2) is 36.5 Å². The number of nitrogens with one attached hydrogen (secondary N) is 2. The minimum atomic E-state index is -0.0923. The smallest absolute Gasteiger partial charge is 0.176 e. The van der Waals surface area contributed by atoms with Crippen LogP contribution in [0.5, 0.6) is 11.5 Å². The topological polar surface area (TPSA) is 107 Å². The van der Waals surface area contributed by atoms with E-state index >= 15 is 0 Å². The molecular formula is C30H37ClN4O4. The molecule has 0 bridgehead atoms. The van der Waals surface area contributed by atoms with Crippen LogP contribution in [0.1, 0.15) is 55.8 Å². The van der Waals surface area contributed by atoms with Crippen molar-refractivity contribution in [1.82, 2.24) is 15.2 Å². The van der Waals surface area contributed by atoms with Gasteiger partial charge < -0.3 is 25.6 Å². The second-order valence-corrected chi connectivity index (χ2v) is 11.1. The van der Waals surface area contributed by atoms with Crippen molar-refractivity contribution in [2.45, 2.75) is 63.6 Å². The van der Waals surface area contributed by atoms with E-state index in [1.807, 2.05) is 18.2 Å². The van der Waals surface area contributed by atoms with Crippen molar-refractivity contribution in [3.8, 4) is 22.6 Å². The molecule has 1 aromatic heterocycles. The van der Waals surface area contributed by atoms with Gasteiger partial charge >= 0.3 is 0 Å². The lowest BCUT2D eigenvalue weighted by Crippen LogP contribution is -2.45. The molecule has 5 rings (SSSR count). The van der Waals surface area contributed by atoms with Gasteiger partial charge in [-0.25, -0.2) is 0 Å². The van der Waals surface area contributed by atoms with E-state index in [-0.39, 0.29) is 35.2 Å². The number of aliphatic hydroxyl groups is 1. The van der Waals surface area contributed by atoms with Gasteiger partial charge in [-0.05, 0) is 87.4 Å². The number of pyridine rings is 1. The van der Waals surface area contributed by atoms with E-state index in [1.54, 1.807) is 25.3 Å². The van der Waals surface area contributed by atoms with Crippen LogP contribution in [-0.2, 0) is 0 Å². The number of carbonyl (C=O) groups is 1. The van der Waals surface area contributed by atoms with Gasteiger partial charge in [0, 0.05) is 36.4 Å². The van der Waals surface area contributed by atoms with Crippen molar-refractivity contribution in [3.05, 3.63) is 47.1 Å². The Morgan fingerprint density at radius 1 is 1.13 bits per heavy atom. The summed E-state index contributed by atoms with van der Waals surface area (Å²) in [6, 6.07) is 10.3. The first kappa shape index (κ1) is 27.6. The zero-order valence-electron chi connectivity index (χ0n) is 22.5. The molecule has 9 heteroatoms. The van der Waals surface area contributed by atoms with Gasteiger partial charge in [0.25, 0.3) is 0 Å². The maximum atomic E-state index is 12.6. The Morgan fingerprint density at radius 2 is 1.90 bits per heavy atom. The third kappa shape index (κ3) is 5.99. The molecule has 2 aromatic carbocycles. The fourth-order valence-corrected chi connectivity index (χ4v) is 6.10. The third-order valence-corrected chi connectivity index (χ3v) is 8.49. The lowest BCUT2D eigenvalue weighted by molar-refractivity contribution is 0.101. The van der Waals surface area contributed by atoms with Gasteiger partial charge in [0.2, 0.25) is 0 Å². The number of aliphatic hydroxyl groups excluding tert-OH is 1. The Bertz CT molecular complexity index is 1340. The highest BCUT2D eigenvalue weighted by atomic mass is 35.5. The second-order valence-electron chi connectivity index (χ2n) is 10.7. The Hall–Kier alpha value is -2.91. The van der Waals surface area contributed by atoms with E-state index in [0.717, 1.165) is 79.5 Å². The first-order valence-electron chi connectivity index (χ1n) is 13.7. The number of Topliss-reactive ketones (excluding diaryl/α,β-unsaturated/α-hetero) is 1. The number of carbonyl (C=O) groups excluding carboxylic acids is 1. The van der Waals surface area contributed by atoms with Crippen LogP contribution in [-0.4, -0.2) is 70.9 Å². The van der Waals surface area contributed by atoms with Crippen molar-refractivity contribution < 1.29 is 19.7 Å². The summed E-state index contributed by atoms with van der Waals surface area (Å²) >= 11 is 6.26. The predicted molar refractivity (Wildman–Crippen MR) is 155 cm³/mol. The fraction of sp³-hybridized carbons (Fsp3) is 0.467. The molecular weight excluding hydrogens is 516 g/mol. The Labute approximate surface area is 234 Å². The number of phenolic OH excluding ortho intramolecular Hbond substituents is 1. The summed E-state index contributed by atoms with van der Waals surface area (Å²) in [6.45, 7) is 3.67. The Morgan fingerprint density at radius 3 is 2.62 bits per heavy atom. The highest BCUT2D eigenvalue weighted by molar-refractivity contribution is 6.32. The first-order chi connectivity index (χ1) is 18.9. The number of anilines is 1. The van der Waals surface area contributed by atoms with Crippen LogP contribution in [0.4, 0.5) is 5.69 Å². The predicted octanol–water partition coefficient (Wildman–Crippen LogP) is 5.20. The number of methoxy groups -OCH3 is 1. The molecule has 1 saturated heterocycles. The molecule has 39 heavy (non-hydrogen) atoms. The largest absolute Gasteiger partial charge is 0.503 e. The zero-order valence-corrected chi connectivity index (χ0v) is 23.3. The van der Waals surface area contributed by atoms with Crippen molar-refractivity contribution in [2.24, 2.45) is 0 Å². The molecule has 0 spiro atoms. The maximum Gasteiger partial charge on any atom is 0.176 e. The Balaban J connectivity index is 1.35. The lowest BCUT2D eigenvalue weighted by Gasteiger charge is -2.33. The second kappa shape index (κ2) is 12.1. The number of halogens is 1. The molecule has 208 valence electrons. The number of benzene rings is 2. The van der Waals surface area contributed by atoms with Crippen LogP contribution in [0.2, 0.25) is 5.02 Å². The summed E-state index contributed by atoms with van der Waals surface area (Å²) < 4.78 is 5.29. The zero-order chi connectivity index (χ0) is 27.5. The number of aromatic hydroxyl groups is 1. The average molecular weight is 553 g/mol. The Kier molecular flexibility index (Phi) is 8.57. The highest BCUT2D eigenvalue weighted by Gasteiger charge is 2.27. The number of aromatic nitrogens is 1. The van der Waals surface area contributed by atoms with Gasteiger partial charge in [-0.15, -0.1) is 0 Å². The van der Waals surface area contributed by atoms with Crippen molar-refractivity contribution in [2.75, 3.05) is 32.2 Å². The van der Waals surface area contributed by atoms with Crippen LogP contribution in [0.3, 0.4) is 0 Å². The molecule has 2 aliphatic rings. The molecule has 1 aliphatic heterocycles. The SMILES string of the molecule is COc1cc(-c2ccc3ncc(C(C)=O)c(NC4CCC(NCN5CCC[C@@H]5CO)CC4)c3c2)cc(Cl)c1O. The quantitative estimate of drug-likeness (QED) is 0.268. The molecule has 2 heterocycles. The number of rotatable bonds is 9. The molecule has 4 N–H and O–H groups in total. The van der Waals surface area contributed by atoms with Gasteiger partial charge in [0.15, 0.2) is 17.3 Å². The summed E-state index contributed by atoms with van der Waals surface area (Å²) in [5.74, 6) is 0.171. The number of likely N-dealkylation sites (tertiary alicyclic amines) is 1. The lowest BCUT2D eigenvalue weighted by atomic mass is 9.90. The van der Waals surface area contributed by atoms with Crippen LogP contribution in [0.25, 0.3) is 22.0 Å². The normalized spacial score (nSPS) is 21.8. The minimum absolute atomic E-state index is 0.0361. The molecule has 1 saturated carbocycles. The first-order valence-corrected chi connectivity index (χ1v) is 14.1. The molecule has 1 atom stereocenters. The summed E-state index contributed by atoms with van der Waals surface area (Å²) in [7, 11) is 1.49. The van der Waals surface area contributed by atoms with E-state index in [1.165, 1.54) is 7.11 Å². The third-order valence-electron chi connectivity index (χ3n) is 8.20. The summed E-state index contributed by atoms with van der Waals surface area (Å²) in [5.41, 5.74) is 3.85. The van der Waals surface area contributed by atoms with E-state index in [2.05, 4.69) is 20.5 Å². The van der Waals surface area contributed by atoms with Crippen LogP contribution < -0.4 is 15.4 Å². The highest BCUT2D eigenvalue weighted by Crippen LogP contribution is 2.40. The van der Waals surface area contributed by atoms with Gasteiger partial charge in [-0.2, -0.15) is 0 Å². The number of ketones is 1. The minimum Gasteiger partial charge on any atom is -0.503 e. The van der Waals surface area contributed by atoms with Gasteiger partial charge in [-0.3, -0.25) is 14.7 Å².